The lowest BCUT2D eigenvalue weighted by molar-refractivity contribution is -0.164. The van der Waals surface area contributed by atoms with Gasteiger partial charge in [0.15, 0.2) is 0 Å². The first kappa shape index (κ1) is 18.3. The molecule has 2 rings (SSSR count). The van der Waals surface area contributed by atoms with Crippen LogP contribution in [0.15, 0.2) is 10.6 Å². The molecule has 9 heteroatoms. The zero-order valence-electron chi connectivity index (χ0n) is 13.6. The molecular formula is C15H20F3N3O3. The summed E-state index contributed by atoms with van der Waals surface area (Å²) in [5.41, 5.74) is 0.560. The molecule has 0 spiro atoms. The summed E-state index contributed by atoms with van der Waals surface area (Å²) in [6, 6.07) is 1.50. The van der Waals surface area contributed by atoms with Gasteiger partial charge >= 0.3 is 6.18 Å². The molecule has 0 aromatic carbocycles. The van der Waals surface area contributed by atoms with Crippen molar-refractivity contribution in [1.82, 2.24) is 15.0 Å². The quantitative estimate of drug-likeness (QED) is 0.838. The van der Waals surface area contributed by atoms with Crippen molar-refractivity contribution in [2.75, 3.05) is 26.2 Å². The highest BCUT2D eigenvalue weighted by atomic mass is 19.4. The third-order valence-electron chi connectivity index (χ3n) is 3.96. The van der Waals surface area contributed by atoms with E-state index in [9.17, 15) is 22.8 Å². The third-order valence-corrected chi connectivity index (χ3v) is 3.96. The fraction of sp³-hybridized carbons (Fsp3) is 0.667. The summed E-state index contributed by atoms with van der Waals surface area (Å²) in [4.78, 5) is 26.9. The van der Waals surface area contributed by atoms with Crippen LogP contribution in [0, 0.1) is 12.8 Å². The molecule has 0 radical (unpaired) electrons. The number of likely N-dealkylation sites (tertiary alicyclic amines) is 1. The van der Waals surface area contributed by atoms with E-state index in [1.54, 1.807) is 6.92 Å². The molecule has 0 saturated carbocycles. The van der Waals surface area contributed by atoms with E-state index in [0.717, 1.165) is 4.90 Å². The predicted octanol–water partition coefficient (Wildman–Crippen LogP) is 2.25. The van der Waals surface area contributed by atoms with Gasteiger partial charge in [-0.15, -0.1) is 0 Å². The fourth-order valence-electron chi connectivity index (χ4n) is 2.80. The van der Waals surface area contributed by atoms with E-state index in [1.807, 2.05) is 0 Å². The Bertz CT molecular complexity index is 600. The lowest BCUT2D eigenvalue weighted by Gasteiger charge is -2.34. The van der Waals surface area contributed by atoms with Crippen molar-refractivity contribution < 1.29 is 27.3 Å². The van der Waals surface area contributed by atoms with Crippen LogP contribution in [-0.4, -0.2) is 59.1 Å². The number of carbonyl (C=O) groups excluding carboxylic acids is 2. The van der Waals surface area contributed by atoms with Crippen LogP contribution >= 0.6 is 0 Å². The van der Waals surface area contributed by atoms with Crippen molar-refractivity contribution >= 4 is 11.8 Å². The average molecular weight is 347 g/mol. The van der Waals surface area contributed by atoms with Crippen LogP contribution in [0.4, 0.5) is 13.2 Å². The number of amides is 2. The molecular weight excluding hydrogens is 327 g/mol. The highest BCUT2D eigenvalue weighted by Crippen LogP contribution is 2.23. The number of hydrogen-bond acceptors (Lipinski definition) is 4. The van der Waals surface area contributed by atoms with Crippen LogP contribution in [0.25, 0.3) is 0 Å². The van der Waals surface area contributed by atoms with Crippen molar-refractivity contribution in [3.05, 3.63) is 17.5 Å². The predicted molar refractivity (Wildman–Crippen MR) is 78.2 cm³/mol. The molecule has 0 bridgehead atoms. The van der Waals surface area contributed by atoms with Gasteiger partial charge in [-0.05, 0) is 26.7 Å². The second-order valence-electron chi connectivity index (χ2n) is 5.89. The maximum absolute atomic E-state index is 12.6. The minimum atomic E-state index is -4.44. The number of rotatable bonds is 4. The van der Waals surface area contributed by atoms with Gasteiger partial charge in [0.05, 0.1) is 11.6 Å². The normalized spacial score (nSPS) is 18.5. The zero-order valence-corrected chi connectivity index (χ0v) is 13.6. The number of aromatic nitrogens is 1. The number of hydrogen-bond donors (Lipinski definition) is 0. The van der Waals surface area contributed by atoms with Crippen LogP contribution in [0.2, 0.25) is 0 Å². The highest BCUT2D eigenvalue weighted by molar-refractivity contribution is 5.92. The van der Waals surface area contributed by atoms with E-state index in [0.29, 0.717) is 25.1 Å². The molecule has 1 aliphatic heterocycles. The minimum Gasteiger partial charge on any atom is -0.351 e. The number of nitrogens with zero attached hydrogens (tertiary/aromatic N) is 3. The summed E-state index contributed by atoms with van der Waals surface area (Å²) in [6.07, 6.45) is -3.42. The number of piperidine rings is 1. The third kappa shape index (κ3) is 4.48. The summed E-state index contributed by atoms with van der Waals surface area (Å²) < 4.78 is 42.6. The lowest BCUT2D eigenvalue weighted by atomic mass is 9.96. The molecule has 0 unspecified atom stereocenters. The van der Waals surface area contributed by atoms with Gasteiger partial charge in [-0.3, -0.25) is 9.59 Å². The van der Waals surface area contributed by atoms with Crippen LogP contribution in [0.1, 0.15) is 36.0 Å². The summed E-state index contributed by atoms with van der Waals surface area (Å²) in [5, 5.41) is 3.65. The fourth-order valence-corrected chi connectivity index (χ4v) is 2.80. The van der Waals surface area contributed by atoms with Gasteiger partial charge in [-0.25, -0.2) is 0 Å². The summed E-state index contributed by atoms with van der Waals surface area (Å²) in [7, 11) is 0. The Labute approximate surface area is 137 Å². The monoisotopic (exact) mass is 347 g/mol. The summed E-state index contributed by atoms with van der Waals surface area (Å²) in [5.74, 6) is -1.52. The second kappa shape index (κ2) is 7.23. The van der Waals surface area contributed by atoms with Crippen molar-refractivity contribution in [3.63, 3.8) is 0 Å². The second-order valence-corrected chi connectivity index (χ2v) is 5.89. The van der Waals surface area contributed by atoms with Crippen molar-refractivity contribution in [2.24, 2.45) is 5.92 Å². The molecule has 2 amide bonds. The van der Waals surface area contributed by atoms with E-state index in [4.69, 9.17) is 4.52 Å². The van der Waals surface area contributed by atoms with E-state index in [-0.39, 0.29) is 18.8 Å². The van der Waals surface area contributed by atoms with Gasteiger partial charge in [0, 0.05) is 25.7 Å². The maximum Gasteiger partial charge on any atom is 0.406 e. The largest absolute Gasteiger partial charge is 0.406 e. The average Bonchev–Trinajstić information content (AvgIpc) is 2.97. The molecule has 1 aliphatic rings. The SMILES string of the molecule is CCN(CC(F)(F)F)C(=O)[C@H]1CCCN(C(=O)c2cc(C)no2)C1. The number of halogens is 3. The highest BCUT2D eigenvalue weighted by Gasteiger charge is 2.37. The van der Waals surface area contributed by atoms with Crippen molar-refractivity contribution in [3.8, 4) is 0 Å². The van der Waals surface area contributed by atoms with Gasteiger partial charge in [-0.2, -0.15) is 13.2 Å². The molecule has 1 aromatic rings. The number of alkyl halides is 3. The molecule has 6 nitrogen and oxygen atoms in total. The van der Waals surface area contributed by atoms with Crippen molar-refractivity contribution in [2.45, 2.75) is 32.9 Å². The zero-order chi connectivity index (χ0) is 17.9. The van der Waals surface area contributed by atoms with Crippen LogP contribution in [-0.2, 0) is 4.79 Å². The Morgan fingerprint density at radius 3 is 2.71 bits per heavy atom. The van der Waals surface area contributed by atoms with E-state index in [1.165, 1.54) is 17.9 Å². The molecule has 134 valence electrons. The Kier molecular flexibility index (Phi) is 5.51. The van der Waals surface area contributed by atoms with Gasteiger partial charge in [0.25, 0.3) is 5.91 Å². The minimum absolute atomic E-state index is 0.0237. The molecule has 1 saturated heterocycles. The number of aryl methyl sites for hydroxylation is 1. The molecule has 1 aromatic heterocycles. The Morgan fingerprint density at radius 2 is 2.17 bits per heavy atom. The van der Waals surface area contributed by atoms with Gasteiger partial charge in [0.2, 0.25) is 11.7 Å². The van der Waals surface area contributed by atoms with E-state index < -0.39 is 30.5 Å². The molecule has 2 heterocycles. The van der Waals surface area contributed by atoms with Gasteiger partial charge in [0.1, 0.15) is 6.54 Å². The molecule has 0 N–H and O–H groups in total. The first-order valence-electron chi connectivity index (χ1n) is 7.79. The maximum atomic E-state index is 12.6. The molecule has 0 aliphatic carbocycles. The Balaban J connectivity index is 2.04. The van der Waals surface area contributed by atoms with E-state index in [2.05, 4.69) is 5.16 Å². The first-order valence-corrected chi connectivity index (χ1v) is 7.79. The van der Waals surface area contributed by atoms with Gasteiger partial charge in [-0.1, -0.05) is 5.16 Å². The molecule has 1 atom stereocenters. The summed E-state index contributed by atoms with van der Waals surface area (Å²) >= 11 is 0. The van der Waals surface area contributed by atoms with Crippen LogP contribution < -0.4 is 0 Å². The smallest absolute Gasteiger partial charge is 0.351 e. The summed E-state index contributed by atoms with van der Waals surface area (Å²) in [6.45, 7) is 2.42. The molecule has 24 heavy (non-hydrogen) atoms. The molecule has 1 fully saturated rings. The topological polar surface area (TPSA) is 66.7 Å². The van der Waals surface area contributed by atoms with Crippen molar-refractivity contribution in [1.29, 1.82) is 0 Å². The Hall–Kier alpha value is -2.06. The van der Waals surface area contributed by atoms with E-state index >= 15 is 0 Å². The lowest BCUT2D eigenvalue weighted by Crippen LogP contribution is -2.48. The standard InChI is InChI=1S/C15H20F3N3O3/c1-3-20(9-15(16,17)18)13(22)11-5-4-6-21(8-11)14(23)12-7-10(2)19-24-12/h7,11H,3-6,8-9H2,1-2H3/t11-/m0/s1. The Morgan fingerprint density at radius 1 is 1.46 bits per heavy atom. The van der Waals surface area contributed by atoms with Crippen LogP contribution in [0.3, 0.4) is 0 Å². The number of carbonyl (C=O) groups is 2. The van der Waals surface area contributed by atoms with Gasteiger partial charge < -0.3 is 14.3 Å². The van der Waals surface area contributed by atoms with Crippen LogP contribution in [0.5, 0.6) is 0 Å². The first-order chi connectivity index (χ1) is 11.2.